The predicted octanol–water partition coefficient (Wildman–Crippen LogP) is 5.05. The summed E-state index contributed by atoms with van der Waals surface area (Å²) in [5.74, 6) is 0. The normalized spacial score (nSPS) is 14.9. The summed E-state index contributed by atoms with van der Waals surface area (Å²) in [7, 11) is 0. The number of benzene rings is 4. The molecule has 0 aromatic heterocycles. The third-order valence-corrected chi connectivity index (χ3v) is 10.4. The number of hydrogen-bond acceptors (Lipinski definition) is 0. The molecular formula is C45H44Cl2Zr-2. The van der Waals surface area contributed by atoms with Crippen LogP contribution in [0.25, 0.3) is 22.3 Å². The van der Waals surface area contributed by atoms with Crippen LogP contribution in [0.2, 0.25) is 0 Å². The minimum absolute atomic E-state index is 0. The average molecular weight is 747 g/mol. The van der Waals surface area contributed by atoms with Gasteiger partial charge in [-0.15, -0.1) is 11.6 Å². The third kappa shape index (κ3) is 8.25. The fourth-order valence-electron chi connectivity index (χ4n) is 7.34. The summed E-state index contributed by atoms with van der Waals surface area (Å²) >= 11 is 1.55. The molecule has 3 aliphatic rings. The Bertz CT molecular complexity index is 1780. The van der Waals surface area contributed by atoms with E-state index in [9.17, 15) is 0 Å². The second-order valence-corrected chi connectivity index (χ2v) is 15.8. The average Bonchev–Trinajstić information content (AvgIpc) is 3.80. The van der Waals surface area contributed by atoms with Crippen molar-refractivity contribution < 1.29 is 49.0 Å². The molecule has 0 amide bonds. The molecule has 0 bridgehead atoms. The molecule has 5 aromatic carbocycles. The van der Waals surface area contributed by atoms with Crippen molar-refractivity contribution >= 4 is 14.4 Å². The van der Waals surface area contributed by atoms with Gasteiger partial charge in [-0.1, -0.05) is 58.2 Å². The van der Waals surface area contributed by atoms with Gasteiger partial charge in [0.2, 0.25) is 0 Å². The van der Waals surface area contributed by atoms with Crippen LogP contribution in [0, 0.1) is 6.08 Å². The summed E-state index contributed by atoms with van der Waals surface area (Å²) in [6.45, 7) is 13.7. The molecule has 8 rings (SSSR count). The largest absolute Gasteiger partial charge is 0.214 e. The van der Waals surface area contributed by atoms with E-state index in [1.165, 1.54) is 66.8 Å². The second kappa shape index (κ2) is 15.7. The number of fused-ring (bicyclic) bond motifs is 5. The molecule has 0 saturated heterocycles. The van der Waals surface area contributed by atoms with E-state index in [1.807, 2.05) is 30.3 Å². The first-order valence-electron chi connectivity index (χ1n) is 16.5. The van der Waals surface area contributed by atoms with Crippen molar-refractivity contribution in [1.82, 2.24) is 0 Å². The van der Waals surface area contributed by atoms with Crippen molar-refractivity contribution in [3.63, 3.8) is 0 Å². The van der Waals surface area contributed by atoms with E-state index >= 15 is 0 Å². The molecule has 0 fully saturated rings. The summed E-state index contributed by atoms with van der Waals surface area (Å²) in [4.78, 5) is 0. The summed E-state index contributed by atoms with van der Waals surface area (Å²) in [5.41, 5.74) is 17.4. The van der Waals surface area contributed by atoms with Gasteiger partial charge in [0.1, 0.15) is 0 Å². The van der Waals surface area contributed by atoms with Crippen LogP contribution < -0.4 is 24.8 Å². The Morgan fingerprint density at radius 2 is 1.17 bits per heavy atom. The summed E-state index contributed by atoms with van der Waals surface area (Å²) < 4.78 is 1.60. The number of rotatable bonds is 4. The van der Waals surface area contributed by atoms with Crippen LogP contribution >= 0.6 is 0 Å². The van der Waals surface area contributed by atoms with E-state index < -0.39 is 0 Å². The van der Waals surface area contributed by atoms with Crippen molar-refractivity contribution in [3.05, 3.63) is 172 Å². The van der Waals surface area contributed by atoms with E-state index in [1.54, 1.807) is 27.4 Å². The van der Waals surface area contributed by atoms with Gasteiger partial charge in [0.15, 0.2) is 0 Å². The van der Waals surface area contributed by atoms with Crippen molar-refractivity contribution in [1.29, 1.82) is 0 Å². The maximum absolute atomic E-state index is 3.65. The van der Waals surface area contributed by atoms with E-state index in [2.05, 4.69) is 139 Å². The molecule has 0 spiro atoms. The zero-order valence-electron chi connectivity index (χ0n) is 28.9. The quantitative estimate of drug-likeness (QED) is 0.222. The van der Waals surface area contributed by atoms with E-state index in [-0.39, 0.29) is 35.6 Å². The molecule has 0 saturated carbocycles. The predicted molar refractivity (Wildman–Crippen MR) is 194 cm³/mol. The van der Waals surface area contributed by atoms with Crippen LogP contribution in [-0.2, 0) is 54.3 Å². The molecule has 0 nitrogen and oxygen atoms in total. The minimum atomic E-state index is 0. The molecule has 5 aromatic rings. The smallest absolute Gasteiger partial charge is 0.172 e. The SMILES string of the molecule is CC1=[C-]C(C)(C)c2cc3c(cc21)-c1cc2c(cc1C3)C(C)(C)C=C2C.[Cl-].[Cl-].[Zr+2]=[C](Cc1ccccc1)Cc1ccccc1.c1cc[cH-]c1. The fraction of sp³-hybridized carbons (Fsp3) is 0.244. The Morgan fingerprint density at radius 1 is 0.667 bits per heavy atom. The first-order valence-corrected chi connectivity index (χ1v) is 17.7. The van der Waals surface area contributed by atoms with E-state index in [0.29, 0.717) is 0 Å². The summed E-state index contributed by atoms with van der Waals surface area (Å²) in [6.07, 6.45) is 9.37. The summed E-state index contributed by atoms with van der Waals surface area (Å²) in [6, 6.07) is 41.2. The van der Waals surface area contributed by atoms with Crippen molar-refractivity contribution in [3.8, 4) is 11.1 Å². The van der Waals surface area contributed by atoms with Crippen LogP contribution in [0.1, 0.15) is 86.1 Å². The van der Waals surface area contributed by atoms with Crippen molar-refractivity contribution in [2.75, 3.05) is 0 Å². The molecule has 0 N–H and O–H groups in total. The van der Waals surface area contributed by atoms with Crippen LogP contribution in [0.5, 0.6) is 0 Å². The molecule has 3 aliphatic carbocycles. The monoisotopic (exact) mass is 744 g/mol. The Balaban J connectivity index is 0.000000195. The van der Waals surface area contributed by atoms with Gasteiger partial charge in [-0.25, -0.2) is 17.7 Å². The molecule has 0 radical (unpaired) electrons. The maximum Gasteiger partial charge on any atom is -0.172 e. The molecule has 0 unspecified atom stereocenters. The molecule has 3 heteroatoms. The topological polar surface area (TPSA) is 0 Å². The molecule has 0 aliphatic heterocycles. The number of allylic oxidation sites excluding steroid dienone is 4. The van der Waals surface area contributed by atoms with Crippen LogP contribution in [0.15, 0.2) is 121 Å². The molecule has 48 heavy (non-hydrogen) atoms. The van der Waals surface area contributed by atoms with Gasteiger partial charge in [0.05, 0.1) is 0 Å². The van der Waals surface area contributed by atoms with Gasteiger partial charge in [-0.3, -0.25) is 6.08 Å². The Morgan fingerprint density at radius 3 is 1.67 bits per heavy atom. The first kappa shape index (κ1) is 37.9. The molecule has 244 valence electrons. The maximum atomic E-state index is 3.65. The van der Waals surface area contributed by atoms with Gasteiger partial charge in [0, 0.05) is 5.41 Å². The van der Waals surface area contributed by atoms with Crippen LogP contribution in [0.4, 0.5) is 0 Å². The zero-order valence-corrected chi connectivity index (χ0v) is 32.9. The second-order valence-electron chi connectivity index (χ2n) is 14.1. The van der Waals surface area contributed by atoms with Crippen molar-refractivity contribution in [2.45, 2.75) is 71.6 Å². The van der Waals surface area contributed by atoms with Gasteiger partial charge >= 0.3 is 112 Å². The van der Waals surface area contributed by atoms with E-state index in [0.717, 1.165) is 19.3 Å². The Kier molecular flexibility index (Phi) is 12.4. The number of hydrogen-bond donors (Lipinski definition) is 0. The van der Waals surface area contributed by atoms with Crippen LogP contribution in [0.3, 0.4) is 0 Å². The first-order chi connectivity index (χ1) is 22.0. The van der Waals surface area contributed by atoms with Gasteiger partial charge in [-0.2, -0.15) is 23.8 Å². The fourth-order valence-corrected chi connectivity index (χ4v) is 8.35. The number of halogens is 2. The molecular weight excluding hydrogens is 703 g/mol. The van der Waals surface area contributed by atoms with Crippen molar-refractivity contribution in [2.24, 2.45) is 0 Å². The van der Waals surface area contributed by atoms with Crippen LogP contribution in [-0.4, -0.2) is 3.21 Å². The minimum Gasteiger partial charge on any atom is -0.214 e. The molecule has 0 heterocycles. The summed E-state index contributed by atoms with van der Waals surface area (Å²) in [5, 5.41) is 0. The zero-order chi connectivity index (χ0) is 32.5. The Labute approximate surface area is 315 Å². The Hall–Kier alpha value is -2.96. The van der Waals surface area contributed by atoms with Gasteiger partial charge in [0.25, 0.3) is 0 Å². The molecule has 0 atom stereocenters. The van der Waals surface area contributed by atoms with Gasteiger partial charge < -0.3 is 24.8 Å². The third-order valence-electron chi connectivity index (χ3n) is 9.51. The van der Waals surface area contributed by atoms with E-state index in [4.69, 9.17) is 0 Å². The van der Waals surface area contributed by atoms with Gasteiger partial charge in [-0.05, 0) is 58.4 Å². The standard InChI is InChI=1S/C25H25.C15H14.C5H5.2ClH.Zr/c1-14-12-24(3,4)22-8-16-7-17-9-23-19(15(2)13-25(23,5)6)11-21(17)20(16)10-18(14)22;1-3-8-14(9-4-1)12-7-13-15-10-5-2-6-11-15;1-2-4-5-3-1;;;/h8-12H,7H2,1-6H3;1-6,8-11H,12-13H2;1-5H;2*1H;/q-1;;-1;;;+2/p-2.